The van der Waals surface area contributed by atoms with Gasteiger partial charge in [-0.25, -0.2) is 0 Å². The minimum absolute atomic E-state index is 0.0818. The van der Waals surface area contributed by atoms with Crippen LogP contribution in [0.5, 0.6) is 0 Å². The van der Waals surface area contributed by atoms with Gasteiger partial charge in [-0.3, -0.25) is 19.7 Å². The van der Waals surface area contributed by atoms with Crippen LogP contribution in [0.25, 0.3) is 0 Å². The van der Waals surface area contributed by atoms with Gasteiger partial charge in [-0.1, -0.05) is 13.8 Å². The SMILES string of the molecule is CC1CCN(c2ccc(C(=O)Nc3sc4c(c3C(N)=O)CCC(C)C4)cc2[N+](=O)[O-])CC1. The van der Waals surface area contributed by atoms with Crippen molar-refractivity contribution in [1.82, 2.24) is 0 Å². The summed E-state index contributed by atoms with van der Waals surface area (Å²) in [6, 6.07) is 4.58. The van der Waals surface area contributed by atoms with Crippen LogP contribution in [0.3, 0.4) is 0 Å². The highest BCUT2D eigenvalue weighted by Crippen LogP contribution is 2.40. The number of anilines is 2. The van der Waals surface area contributed by atoms with Gasteiger partial charge < -0.3 is 16.0 Å². The van der Waals surface area contributed by atoms with Crippen LogP contribution in [0.1, 0.15) is 64.3 Å². The lowest BCUT2D eigenvalue weighted by atomic mass is 9.88. The standard InChI is InChI=1S/C23H28N4O4S/c1-13-7-9-26(10-8-13)17-6-4-15(12-18(17)27(30)31)22(29)25-23-20(21(24)28)16-5-3-14(2)11-19(16)32-23/h4,6,12-14H,3,5,7-11H2,1-2H3,(H2,24,28)(H,25,29). The third-order valence-electron chi connectivity index (χ3n) is 6.54. The lowest BCUT2D eigenvalue weighted by Crippen LogP contribution is -2.33. The van der Waals surface area contributed by atoms with Gasteiger partial charge in [0.25, 0.3) is 17.5 Å². The zero-order chi connectivity index (χ0) is 23.0. The molecule has 2 heterocycles. The summed E-state index contributed by atoms with van der Waals surface area (Å²) in [7, 11) is 0. The van der Waals surface area contributed by atoms with Crippen molar-refractivity contribution in [1.29, 1.82) is 0 Å². The monoisotopic (exact) mass is 456 g/mol. The number of hydrogen-bond donors (Lipinski definition) is 2. The quantitative estimate of drug-likeness (QED) is 0.512. The van der Waals surface area contributed by atoms with Crippen molar-refractivity contribution in [2.45, 2.75) is 46.0 Å². The minimum Gasteiger partial charge on any atom is -0.366 e. The molecule has 1 aliphatic carbocycles. The molecule has 4 rings (SSSR count). The molecule has 2 amide bonds. The Balaban J connectivity index is 1.61. The minimum atomic E-state index is -0.562. The predicted molar refractivity (Wildman–Crippen MR) is 126 cm³/mol. The highest BCUT2D eigenvalue weighted by atomic mass is 32.1. The molecule has 1 aliphatic heterocycles. The Morgan fingerprint density at radius 3 is 2.56 bits per heavy atom. The number of nitrogens with two attached hydrogens (primary N) is 1. The van der Waals surface area contributed by atoms with Crippen LogP contribution < -0.4 is 16.0 Å². The van der Waals surface area contributed by atoms with E-state index in [1.165, 1.54) is 17.4 Å². The summed E-state index contributed by atoms with van der Waals surface area (Å²) in [5.41, 5.74) is 7.57. The van der Waals surface area contributed by atoms with E-state index >= 15 is 0 Å². The predicted octanol–water partition coefficient (Wildman–Crippen LogP) is 4.37. The average molecular weight is 457 g/mol. The van der Waals surface area contributed by atoms with Crippen molar-refractivity contribution in [3.63, 3.8) is 0 Å². The molecule has 2 aliphatic rings. The number of benzene rings is 1. The molecule has 2 aromatic rings. The van der Waals surface area contributed by atoms with Crippen molar-refractivity contribution in [2.24, 2.45) is 17.6 Å². The first kappa shape index (κ1) is 22.3. The van der Waals surface area contributed by atoms with Crippen LogP contribution in [0, 0.1) is 22.0 Å². The zero-order valence-corrected chi connectivity index (χ0v) is 19.2. The van der Waals surface area contributed by atoms with Gasteiger partial charge in [0.2, 0.25) is 0 Å². The number of carbonyl (C=O) groups excluding carboxylic acids is 2. The third-order valence-corrected chi connectivity index (χ3v) is 7.71. The summed E-state index contributed by atoms with van der Waals surface area (Å²) in [5, 5.41) is 15.0. The number of hydrogen-bond acceptors (Lipinski definition) is 6. The van der Waals surface area contributed by atoms with E-state index in [1.807, 2.05) is 4.90 Å². The molecule has 1 aromatic heterocycles. The van der Waals surface area contributed by atoms with Crippen molar-refractivity contribution in [3.05, 3.63) is 49.9 Å². The Morgan fingerprint density at radius 1 is 1.19 bits per heavy atom. The molecule has 0 saturated carbocycles. The summed E-state index contributed by atoms with van der Waals surface area (Å²) < 4.78 is 0. The maximum Gasteiger partial charge on any atom is 0.293 e. The van der Waals surface area contributed by atoms with Gasteiger partial charge in [0.05, 0.1) is 10.5 Å². The van der Waals surface area contributed by atoms with Gasteiger partial charge in [0.15, 0.2) is 0 Å². The summed E-state index contributed by atoms with van der Waals surface area (Å²) in [5.74, 6) is 0.0712. The number of nitrogens with one attached hydrogen (secondary N) is 1. The highest BCUT2D eigenvalue weighted by molar-refractivity contribution is 7.17. The number of nitrogens with zero attached hydrogens (tertiary/aromatic N) is 2. The topological polar surface area (TPSA) is 119 Å². The lowest BCUT2D eigenvalue weighted by Gasteiger charge is -2.31. The fourth-order valence-electron chi connectivity index (χ4n) is 4.60. The van der Waals surface area contributed by atoms with Crippen molar-refractivity contribution >= 4 is 39.5 Å². The molecule has 0 radical (unpaired) electrons. The number of piperidine rings is 1. The number of nitro groups is 1. The van der Waals surface area contributed by atoms with Crippen molar-refractivity contribution < 1.29 is 14.5 Å². The van der Waals surface area contributed by atoms with E-state index < -0.39 is 16.7 Å². The largest absolute Gasteiger partial charge is 0.366 e. The Kier molecular flexibility index (Phi) is 6.19. The normalized spacial score (nSPS) is 18.8. The second-order valence-electron chi connectivity index (χ2n) is 9.00. The third kappa shape index (κ3) is 4.34. The number of nitro benzene ring substituents is 1. The van der Waals surface area contributed by atoms with Gasteiger partial charge >= 0.3 is 0 Å². The second-order valence-corrected chi connectivity index (χ2v) is 10.1. The molecule has 1 aromatic carbocycles. The fourth-order valence-corrected chi connectivity index (χ4v) is 6.01. The molecule has 9 heteroatoms. The molecule has 0 spiro atoms. The van der Waals surface area contributed by atoms with E-state index in [1.54, 1.807) is 12.1 Å². The van der Waals surface area contributed by atoms with E-state index in [4.69, 9.17) is 5.73 Å². The number of fused-ring (bicyclic) bond motifs is 1. The van der Waals surface area contributed by atoms with Gasteiger partial charge in [0.1, 0.15) is 10.7 Å². The number of amides is 2. The van der Waals surface area contributed by atoms with E-state index in [0.29, 0.717) is 28.1 Å². The molecule has 32 heavy (non-hydrogen) atoms. The zero-order valence-electron chi connectivity index (χ0n) is 18.3. The first-order valence-electron chi connectivity index (χ1n) is 11.0. The number of carbonyl (C=O) groups is 2. The maximum atomic E-state index is 13.0. The fraction of sp³-hybridized carbons (Fsp3) is 0.478. The van der Waals surface area contributed by atoms with Gasteiger partial charge in [-0.15, -0.1) is 11.3 Å². The van der Waals surface area contributed by atoms with Crippen molar-refractivity contribution in [2.75, 3.05) is 23.3 Å². The number of rotatable bonds is 5. The molecule has 3 N–H and O–H groups in total. The first-order chi connectivity index (χ1) is 15.2. The molecule has 170 valence electrons. The van der Waals surface area contributed by atoms with Gasteiger partial charge in [0, 0.05) is 29.6 Å². The van der Waals surface area contributed by atoms with Gasteiger partial charge in [-0.05, 0) is 61.6 Å². The van der Waals surface area contributed by atoms with Crippen LogP contribution in [-0.2, 0) is 12.8 Å². The molecule has 1 saturated heterocycles. The first-order valence-corrected chi connectivity index (χ1v) is 11.8. The van der Waals surface area contributed by atoms with E-state index in [0.717, 1.165) is 55.6 Å². The number of primary amides is 1. The smallest absolute Gasteiger partial charge is 0.293 e. The van der Waals surface area contributed by atoms with E-state index in [2.05, 4.69) is 19.2 Å². The van der Waals surface area contributed by atoms with Crippen LogP contribution in [0.4, 0.5) is 16.4 Å². The average Bonchev–Trinajstić information content (AvgIpc) is 3.10. The van der Waals surface area contributed by atoms with E-state index in [-0.39, 0.29) is 11.3 Å². The maximum absolute atomic E-state index is 13.0. The molecular formula is C23H28N4O4S. The van der Waals surface area contributed by atoms with Crippen LogP contribution in [0.2, 0.25) is 0 Å². The van der Waals surface area contributed by atoms with Crippen molar-refractivity contribution in [3.8, 4) is 0 Å². The Hall–Kier alpha value is -2.94. The molecule has 1 unspecified atom stereocenters. The van der Waals surface area contributed by atoms with Crippen LogP contribution in [-0.4, -0.2) is 29.8 Å². The molecule has 1 atom stereocenters. The molecular weight excluding hydrogens is 428 g/mol. The van der Waals surface area contributed by atoms with Gasteiger partial charge in [-0.2, -0.15) is 0 Å². The molecule has 1 fully saturated rings. The Bertz CT molecular complexity index is 1070. The van der Waals surface area contributed by atoms with E-state index in [9.17, 15) is 19.7 Å². The lowest BCUT2D eigenvalue weighted by molar-refractivity contribution is -0.384. The van der Waals surface area contributed by atoms with Crippen LogP contribution >= 0.6 is 11.3 Å². The Morgan fingerprint density at radius 2 is 1.91 bits per heavy atom. The summed E-state index contributed by atoms with van der Waals surface area (Å²) >= 11 is 1.38. The molecule has 0 bridgehead atoms. The highest BCUT2D eigenvalue weighted by Gasteiger charge is 2.29. The number of thiophene rings is 1. The van der Waals surface area contributed by atoms with Crippen LogP contribution in [0.15, 0.2) is 18.2 Å². The second kappa shape index (κ2) is 8.90. The Labute approximate surface area is 190 Å². The summed E-state index contributed by atoms with van der Waals surface area (Å²) in [6.45, 7) is 5.86. The molecule has 8 nitrogen and oxygen atoms in total. The summed E-state index contributed by atoms with van der Waals surface area (Å²) in [6.07, 6.45) is 4.55. The summed E-state index contributed by atoms with van der Waals surface area (Å²) in [4.78, 5) is 39.5.